The summed E-state index contributed by atoms with van der Waals surface area (Å²) >= 11 is 1.67. The molecule has 7 nitrogen and oxygen atoms in total. The Morgan fingerprint density at radius 3 is 2.52 bits per heavy atom. The molecule has 132 valence electrons. The van der Waals surface area contributed by atoms with E-state index in [0.29, 0.717) is 24.9 Å². The van der Waals surface area contributed by atoms with Gasteiger partial charge in [0.25, 0.3) is 0 Å². The Balaban J connectivity index is 2.42. The molecule has 1 aliphatic heterocycles. The van der Waals surface area contributed by atoms with Crippen molar-refractivity contribution in [3.05, 3.63) is 0 Å². The summed E-state index contributed by atoms with van der Waals surface area (Å²) in [6, 6.07) is 0. The van der Waals surface area contributed by atoms with Gasteiger partial charge in [0, 0.05) is 24.9 Å². The van der Waals surface area contributed by atoms with Crippen molar-refractivity contribution in [2.75, 3.05) is 39.0 Å². The van der Waals surface area contributed by atoms with Crippen molar-refractivity contribution in [3.63, 3.8) is 0 Å². The van der Waals surface area contributed by atoms with Crippen LogP contribution < -0.4 is 5.32 Å². The zero-order chi connectivity index (χ0) is 17.6. The topological polar surface area (TPSA) is 79.0 Å². The Morgan fingerprint density at radius 2 is 2.00 bits per heavy atom. The third-order valence-electron chi connectivity index (χ3n) is 3.29. The first-order valence-electron chi connectivity index (χ1n) is 7.67. The molecule has 1 fully saturated rings. The number of nitrogens with zero attached hydrogens (tertiary/aromatic N) is 2. The molecule has 0 radical (unpaired) electrons. The van der Waals surface area contributed by atoms with E-state index in [-0.39, 0.29) is 24.9 Å². The SMILES string of the molecule is CSC(C)CNC(=O)CN1CCN(C(=O)OC(C)(C)C)CC1=O. The van der Waals surface area contributed by atoms with Gasteiger partial charge >= 0.3 is 6.09 Å². The van der Waals surface area contributed by atoms with Gasteiger partial charge < -0.3 is 15.0 Å². The molecule has 0 aromatic heterocycles. The van der Waals surface area contributed by atoms with Crippen LogP contribution in [-0.4, -0.2) is 77.5 Å². The predicted octanol–water partition coefficient (Wildman–Crippen LogP) is 0.933. The van der Waals surface area contributed by atoms with Gasteiger partial charge in [-0.15, -0.1) is 0 Å². The van der Waals surface area contributed by atoms with Crippen LogP contribution in [0.2, 0.25) is 0 Å². The molecule has 3 amide bonds. The van der Waals surface area contributed by atoms with Gasteiger partial charge in [-0.2, -0.15) is 11.8 Å². The van der Waals surface area contributed by atoms with Crippen LogP contribution >= 0.6 is 11.8 Å². The van der Waals surface area contributed by atoms with Crippen molar-refractivity contribution >= 4 is 29.7 Å². The number of piperazine rings is 1. The first kappa shape index (κ1) is 19.6. The first-order valence-corrected chi connectivity index (χ1v) is 8.96. The molecule has 0 aromatic rings. The Kier molecular flexibility index (Phi) is 7.18. The Labute approximate surface area is 142 Å². The summed E-state index contributed by atoms with van der Waals surface area (Å²) < 4.78 is 5.25. The third kappa shape index (κ3) is 7.11. The van der Waals surface area contributed by atoms with Gasteiger partial charge in [-0.1, -0.05) is 6.92 Å². The summed E-state index contributed by atoms with van der Waals surface area (Å²) in [6.45, 7) is 8.63. The van der Waals surface area contributed by atoms with E-state index >= 15 is 0 Å². The summed E-state index contributed by atoms with van der Waals surface area (Å²) in [7, 11) is 0. The molecule has 1 unspecified atom stereocenters. The highest BCUT2D eigenvalue weighted by atomic mass is 32.2. The molecule has 1 atom stereocenters. The lowest BCUT2D eigenvalue weighted by Gasteiger charge is -2.34. The zero-order valence-electron chi connectivity index (χ0n) is 14.5. The molecule has 0 bridgehead atoms. The molecule has 0 aromatic carbocycles. The third-order valence-corrected chi connectivity index (χ3v) is 4.27. The smallest absolute Gasteiger partial charge is 0.410 e. The van der Waals surface area contributed by atoms with E-state index in [4.69, 9.17) is 4.74 Å². The number of hydrogen-bond donors (Lipinski definition) is 1. The molecule has 1 heterocycles. The van der Waals surface area contributed by atoms with Crippen molar-refractivity contribution in [1.29, 1.82) is 0 Å². The van der Waals surface area contributed by atoms with Gasteiger partial charge in [-0.3, -0.25) is 14.5 Å². The average Bonchev–Trinajstić information content (AvgIpc) is 2.45. The standard InChI is InChI=1S/C15H27N3O4S/c1-11(23-5)8-16-12(19)9-17-6-7-18(10-13(17)20)14(21)22-15(2,3)4/h11H,6-10H2,1-5H3,(H,16,19). The predicted molar refractivity (Wildman–Crippen MR) is 90.4 cm³/mol. The van der Waals surface area contributed by atoms with E-state index in [0.717, 1.165) is 0 Å². The number of nitrogens with one attached hydrogen (secondary N) is 1. The van der Waals surface area contributed by atoms with Gasteiger partial charge in [-0.25, -0.2) is 4.79 Å². The first-order chi connectivity index (χ1) is 10.6. The van der Waals surface area contributed by atoms with Gasteiger partial charge in [0.15, 0.2) is 0 Å². The number of rotatable bonds is 5. The van der Waals surface area contributed by atoms with Crippen LogP contribution in [0.4, 0.5) is 4.79 Å². The normalized spacial score (nSPS) is 17.0. The maximum Gasteiger partial charge on any atom is 0.410 e. The highest BCUT2D eigenvalue weighted by Crippen LogP contribution is 2.12. The summed E-state index contributed by atoms with van der Waals surface area (Å²) in [5, 5.41) is 3.14. The fourth-order valence-corrected chi connectivity index (χ4v) is 2.18. The highest BCUT2D eigenvalue weighted by Gasteiger charge is 2.30. The van der Waals surface area contributed by atoms with Gasteiger partial charge in [0.05, 0.1) is 6.54 Å². The second kappa shape index (κ2) is 8.42. The summed E-state index contributed by atoms with van der Waals surface area (Å²) in [4.78, 5) is 38.8. The zero-order valence-corrected chi connectivity index (χ0v) is 15.4. The van der Waals surface area contributed by atoms with Crippen molar-refractivity contribution < 1.29 is 19.1 Å². The molecule has 8 heteroatoms. The van der Waals surface area contributed by atoms with Crippen LogP contribution in [0.3, 0.4) is 0 Å². The fraction of sp³-hybridized carbons (Fsp3) is 0.800. The number of ether oxygens (including phenoxy) is 1. The molecule has 23 heavy (non-hydrogen) atoms. The quantitative estimate of drug-likeness (QED) is 0.802. The van der Waals surface area contributed by atoms with E-state index in [1.54, 1.807) is 32.5 Å². The van der Waals surface area contributed by atoms with Crippen LogP contribution in [0.1, 0.15) is 27.7 Å². The fourth-order valence-electron chi connectivity index (χ4n) is 1.93. The second-order valence-electron chi connectivity index (χ2n) is 6.57. The van der Waals surface area contributed by atoms with E-state index in [1.165, 1.54) is 9.80 Å². The van der Waals surface area contributed by atoms with Gasteiger partial charge in [0.1, 0.15) is 12.1 Å². The van der Waals surface area contributed by atoms with Crippen LogP contribution in [0.25, 0.3) is 0 Å². The van der Waals surface area contributed by atoms with E-state index in [9.17, 15) is 14.4 Å². The van der Waals surface area contributed by atoms with Crippen LogP contribution in [-0.2, 0) is 14.3 Å². The number of hydrogen-bond acceptors (Lipinski definition) is 5. The highest BCUT2D eigenvalue weighted by molar-refractivity contribution is 7.99. The minimum atomic E-state index is -0.592. The number of carbonyl (C=O) groups is 3. The molecule has 1 N–H and O–H groups in total. The lowest BCUT2D eigenvalue weighted by Crippen LogP contribution is -2.55. The number of thioether (sulfide) groups is 1. The Hall–Kier alpha value is -1.44. The van der Waals surface area contributed by atoms with Gasteiger partial charge in [-0.05, 0) is 27.0 Å². The van der Waals surface area contributed by atoms with Crippen molar-refractivity contribution in [2.45, 2.75) is 38.5 Å². The molecule has 0 spiro atoms. The molecule has 0 saturated carbocycles. The van der Waals surface area contributed by atoms with Crippen molar-refractivity contribution in [2.24, 2.45) is 0 Å². The number of amides is 3. The van der Waals surface area contributed by atoms with Crippen LogP contribution in [0.15, 0.2) is 0 Å². The maximum atomic E-state index is 12.1. The molecule has 1 saturated heterocycles. The largest absolute Gasteiger partial charge is 0.444 e. The van der Waals surface area contributed by atoms with Crippen LogP contribution in [0, 0.1) is 0 Å². The molecule has 1 rings (SSSR count). The van der Waals surface area contributed by atoms with Crippen molar-refractivity contribution in [3.8, 4) is 0 Å². The number of carbonyl (C=O) groups excluding carboxylic acids is 3. The monoisotopic (exact) mass is 345 g/mol. The lowest BCUT2D eigenvalue weighted by molar-refractivity contribution is -0.139. The molecular weight excluding hydrogens is 318 g/mol. The Bertz CT molecular complexity index is 450. The maximum absolute atomic E-state index is 12.1. The summed E-state index contributed by atoms with van der Waals surface area (Å²) in [6.07, 6.45) is 1.49. The van der Waals surface area contributed by atoms with E-state index in [1.807, 2.05) is 13.2 Å². The minimum absolute atomic E-state index is 0.0299. The molecule has 1 aliphatic rings. The van der Waals surface area contributed by atoms with E-state index in [2.05, 4.69) is 5.32 Å². The summed E-state index contributed by atoms with van der Waals surface area (Å²) in [5.41, 5.74) is -0.592. The minimum Gasteiger partial charge on any atom is -0.444 e. The van der Waals surface area contributed by atoms with Gasteiger partial charge in [0.2, 0.25) is 11.8 Å². The molecular formula is C15H27N3O4S. The van der Waals surface area contributed by atoms with Crippen LogP contribution in [0.5, 0.6) is 0 Å². The lowest BCUT2D eigenvalue weighted by atomic mass is 10.2. The second-order valence-corrected chi connectivity index (χ2v) is 7.84. The summed E-state index contributed by atoms with van der Waals surface area (Å²) in [5.74, 6) is -0.417. The van der Waals surface area contributed by atoms with E-state index < -0.39 is 11.7 Å². The average molecular weight is 345 g/mol. The van der Waals surface area contributed by atoms with Crippen molar-refractivity contribution in [1.82, 2.24) is 15.1 Å². The molecule has 0 aliphatic carbocycles. The Morgan fingerprint density at radius 1 is 1.35 bits per heavy atom.